The van der Waals surface area contributed by atoms with Gasteiger partial charge in [0.2, 0.25) is 6.17 Å². The van der Waals surface area contributed by atoms with Gasteiger partial charge in [-0.1, -0.05) is 18.2 Å². The Morgan fingerprint density at radius 1 is 1.27 bits per heavy atom. The SMILES string of the molecule is [c]1cccc(C2N=NN=N2)c1. The van der Waals surface area contributed by atoms with Gasteiger partial charge in [-0.15, -0.1) is 10.2 Å². The van der Waals surface area contributed by atoms with Gasteiger partial charge in [0.1, 0.15) is 0 Å². The van der Waals surface area contributed by atoms with Gasteiger partial charge in [0.15, 0.2) is 0 Å². The summed E-state index contributed by atoms with van der Waals surface area (Å²) in [6.45, 7) is 0. The smallest absolute Gasteiger partial charge is 0.133 e. The summed E-state index contributed by atoms with van der Waals surface area (Å²) in [6.07, 6.45) is -0.243. The molecule has 1 heterocycles. The highest BCUT2D eigenvalue weighted by Gasteiger charge is 2.10. The van der Waals surface area contributed by atoms with Crippen LogP contribution in [0.4, 0.5) is 0 Å². The van der Waals surface area contributed by atoms with Gasteiger partial charge in [0.25, 0.3) is 0 Å². The molecule has 1 aromatic carbocycles. The third kappa shape index (κ3) is 1.14. The van der Waals surface area contributed by atoms with Crippen LogP contribution in [0, 0.1) is 6.07 Å². The van der Waals surface area contributed by atoms with Crippen LogP contribution in [0.3, 0.4) is 0 Å². The van der Waals surface area contributed by atoms with Crippen molar-refractivity contribution in [1.82, 2.24) is 0 Å². The van der Waals surface area contributed by atoms with Gasteiger partial charge in [-0.25, -0.2) is 0 Å². The first-order chi connectivity index (χ1) is 5.47. The maximum Gasteiger partial charge on any atom is 0.210 e. The number of rotatable bonds is 1. The summed E-state index contributed by atoms with van der Waals surface area (Å²) in [5.41, 5.74) is 0.970. The fourth-order valence-electron chi connectivity index (χ4n) is 0.868. The standard InChI is InChI=1S/C7H5N4/c1-2-4-6(5-3-1)7-8-10-11-9-7/h1-2,4-5,7H. The molecular formula is C7H5N4. The number of nitrogens with zero attached hydrogens (tertiary/aromatic N) is 4. The Morgan fingerprint density at radius 2 is 2.09 bits per heavy atom. The van der Waals surface area contributed by atoms with Crippen LogP contribution in [0.25, 0.3) is 0 Å². The topological polar surface area (TPSA) is 49.4 Å². The largest absolute Gasteiger partial charge is 0.210 e. The van der Waals surface area contributed by atoms with Crippen molar-refractivity contribution in [2.45, 2.75) is 6.17 Å². The molecule has 11 heavy (non-hydrogen) atoms. The summed E-state index contributed by atoms with van der Waals surface area (Å²) in [4.78, 5) is 0. The lowest BCUT2D eigenvalue weighted by Crippen LogP contribution is -1.85. The van der Waals surface area contributed by atoms with Crippen LogP contribution in [0.2, 0.25) is 0 Å². The molecule has 0 N–H and O–H groups in total. The second kappa shape index (κ2) is 2.57. The van der Waals surface area contributed by atoms with Gasteiger partial charge >= 0.3 is 0 Å². The minimum atomic E-state index is -0.243. The Hall–Kier alpha value is -1.58. The van der Waals surface area contributed by atoms with Gasteiger partial charge in [0, 0.05) is 5.56 Å². The van der Waals surface area contributed by atoms with Crippen molar-refractivity contribution < 1.29 is 0 Å². The molecule has 0 saturated heterocycles. The number of hydrogen-bond acceptors (Lipinski definition) is 4. The predicted molar refractivity (Wildman–Crippen MR) is 37.7 cm³/mol. The quantitative estimate of drug-likeness (QED) is 0.582. The van der Waals surface area contributed by atoms with E-state index in [1.54, 1.807) is 0 Å². The van der Waals surface area contributed by atoms with Crippen molar-refractivity contribution in [3.05, 3.63) is 35.9 Å². The summed E-state index contributed by atoms with van der Waals surface area (Å²) < 4.78 is 0. The minimum Gasteiger partial charge on any atom is -0.133 e. The van der Waals surface area contributed by atoms with Crippen LogP contribution >= 0.6 is 0 Å². The molecule has 0 amide bonds. The van der Waals surface area contributed by atoms with Gasteiger partial charge in [-0.05, 0) is 22.6 Å². The molecule has 0 bridgehead atoms. The van der Waals surface area contributed by atoms with Gasteiger partial charge in [0.05, 0.1) is 0 Å². The molecule has 0 aliphatic carbocycles. The molecule has 1 aromatic rings. The van der Waals surface area contributed by atoms with Gasteiger partial charge in [-0.3, -0.25) is 0 Å². The van der Waals surface area contributed by atoms with Crippen molar-refractivity contribution >= 4 is 0 Å². The average Bonchev–Trinajstić information content (AvgIpc) is 2.58. The summed E-state index contributed by atoms with van der Waals surface area (Å²) in [5, 5.41) is 14.4. The van der Waals surface area contributed by atoms with E-state index in [2.05, 4.69) is 26.7 Å². The fraction of sp³-hybridized carbons (Fsp3) is 0.143. The second-order valence-electron chi connectivity index (χ2n) is 2.12. The van der Waals surface area contributed by atoms with E-state index in [1.165, 1.54) is 0 Å². The Bertz CT molecular complexity index is 279. The van der Waals surface area contributed by atoms with Crippen LogP contribution < -0.4 is 0 Å². The third-order valence-electron chi connectivity index (χ3n) is 1.39. The number of benzene rings is 1. The van der Waals surface area contributed by atoms with E-state index < -0.39 is 0 Å². The van der Waals surface area contributed by atoms with Crippen molar-refractivity contribution in [1.29, 1.82) is 0 Å². The van der Waals surface area contributed by atoms with Crippen LogP contribution in [-0.4, -0.2) is 0 Å². The second-order valence-corrected chi connectivity index (χ2v) is 2.12. The first kappa shape index (κ1) is 6.15. The zero-order valence-corrected chi connectivity index (χ0v) is 5.68. The third-order valence-corrected chi connectivity index (χ3v) is 1.39. The molecule has 0 aromatic heterocycles. The van der Waals surface area contributed by atoms with Crippen LogP contribution in [0.5, 0.6) is 0 Å². The molecular weight excluding hydrogens is 140 g/mol. The Balaban J connectivity index is 2.30. The van der Waals surface area contributed by atoms with E-state index in [-0.39, 0.29) is 6.17 Å². The molecule has 0 fully saturated rings. The number of hydrogen-bond donors (Lipinski definition) is 0. The minimum absolute atomic E-state index is 0.243. The van der Waals surface area contributed by atoms with Gasteiger partial charge in [-0.2, -0.15) is 0 Å². The maximum atomic E-state index is 3.78. The molecule has 2 rings (SSSR count). The van der Waals surface area contributed by atoms with Crippen molar-refractivity contribution in [2.24, 2.45) is 20.7 Å². The Labute approximate surface area is 63.7 Å². The van der Waals surface area contributed by atoms with Crippen molar-refractivity contribution in [2.75, 3.05) is 0 Å². The van der Waals surface area contributed by atoms with E-state index in [1.807, 2.05) is 24.3 Å². The lowest BCUT2D eigenvalue weighted by molar-refractivity contribution is 0.765. The lowest BCUT2D eigenvalue weighted by atomic mass is 10.2. The maximum absolute atomic E-state index is 3.78. The van der Waals surface area contributed by atoms with E-state index in [9.17, 15) is 0 Å². The van der Waals surface area contributed by atoms with Crippen LogP contribution in [0.1, 0.15) is 11.7 Å². The molecule has 0 unspecified atom stereocenters. The monoisotopic (exact) mass is 145 g/mol. The molecule has 4 nitrogen and oxygen atoms in total. The van der Waals surface area contributed by atoms with Crippen molar-refractivity contribution in [3.63, 3.8) is 0 Å². The molecule has 0 saturated carbocycles. The first-order valence-corrected chi connectivity index (χ1v) is 3.23. The molecule has 4 heteroatoms. The highest BCUT2D eigenvalue weighted by molar-refractivity contribution is 5.17. The van der Waals surface area contributed by atoms with E-state index in [0.29, 0.717) is 0 Å². The van der Waals surface area contributed by atoms with Crippen LogP contribution in [0.15, 0.2) is 44.9 Å². The highest BCUT2D eigenvalue weighted by Crippen LogP contribution is 2.22. The lowest BCUT2D eigenvalue weighted by Gasteiger charge is -1.97. The first-order valence-electron chi connectivity index (χ1n) is 3.23. The molecule has 0 spiro atoms. The fourth-order valence-corrected chi connectivity index (χ4v) is 0.868. The average molecular weight is 145 g/mol. The summed E-state index contributed by atoms with van der Waals surface area (Å²) in [5.74, 6) is 0. The van der Waals surface area contributed by atoms with Gasteiger partial charge < -0.3 is 0 Å². The Kier molecular flexibility index (Phi) is 1.44. The Morgan fingerprint density at radius 3 is 2.73 bits per heavy atom. The predicted octanol–water partition coefficient (Wildman–Crippen LogP) is 2.32. The molecule has 0 atom stereocenters. The van der Waals surface area contributed by atoms with Crippen molar-refractivity contribution in [3.8, 4) is 0 Å². The summed E-state index contributed by atoms with van der Waals surface area (Å²) in [6, 6.07) is 10.4. The van der Waals surface area contributed by atoms with E-state index in [0.717, 1.165) is 5.56 Å². The molecule has 53 valence electrons. The zero-order chi connectivity index (χ0) is 7.52. The highest BCUT2D eigenvalue weighted by atomic mass is 15.6. The van der Waals surface area contributed by atoms with E-state index in [4.69, 9.17) is 0 Å². The zero-order valence-electron chi connectivity index (χ0n) is 5.68. The summed E-state index contributed by atoms with van der Waals surface area (Å²) >= 11 is 0. The molecule has 1 aliphatic rings. The summed E-state index contributed by atoms with van der Waals surface area (Å²) in [7, 11) is 0. The van der Waals surface area contributed by atoms with Crippen LogP contribution in [-0.2, 0) is 0 Å². The molecule has 1 aliphatic heterocycles. The normalized spacial score (nSPS) is 16.0. The molecule has 1 radical (unpaired) electrons. The van der Waals surface area contributed by atoms with E-state index >= 15 is 0 Å².